The van der Waals surface area contributed by atoms with E-state index in [0.717, 1.165) is 8.09 Å². The van der Waals surface area contributed by atoms with Crippen molar-refractivity contribution in [2.24, 2.45) is 0 Å². The Morgan fingerprint density at radius 2 is 1.93 bits per heavy atom. The van der Waals surface area contributed by atoms with Crippen LogP contribution in [-0.2, 0) is 10.0 Å². The molecule has 27 heavy (non-hydrogen) atoms. The van der Waals surface area contributed by atoms with Crippen LogP contribution >= 0.6 is 38.9 Å². The van der Waals surface area contributed by atoms with E-state index >= 15 is 0 Å². The second kappa shape index (κ2) is 7.97. The number of hydrogen-bond donors (Lipinski definition) is 1. The molecular formula is C17H13BrClN3O3S2. The molecule has 0 radical (unpaired) electrons. The van der Waals surface area contributed by atoms with Gasteiger partial charge in [-0.1, -0.05) is 29.0 Å². The van der Waals surface area contributed by atoms with E-state index in [1.54, 1.807) is 36.5 Å². The molecule has 10 heteroatoms. The number of amides is 1. The fourth-order valence-electron chi connectivity index (χ4n) is 2.23. The van der Waals surface area contributed by atoms with Crippen LogP contribution in [0.25, 0.3) is 0 Å². The molecule has 0 bridgehead atoms. The van der Waals surface area contributed by atoms with Gasteiger partial charge in [-0.3, -0.25) is 14.4 Å². The Kier molecular flexibility index (Phi) is 5.85. The summed E-state index contributed by atoms with van der Waals surface area (Å²) in [7, 11) is -2.40. The average Bonchev–Trinajstić information content (AvgIpc) is 3.06. The Morgan fingerprint density at radius 1 is 1.22 bits per heavy atom. The van der Waals surface area contributed by atoms with Gasteiger partial charge in [-0.2, -0.15) is 0 Å². The van der Waals surface area contributed by atoms with Gasteiger partial charge in [0.05, 0.1) is 20.6 Å². The molecule has 0 spiro atoms. The third-order valence-electron chi connectivity index (χ3n) is 3.64. The maximum Gasteiger partial charge on any atom is 0.264 e. The van der Waals surface area contributed by atoms with Crippen molar-refractivity contribution in [1.82, 2.24) is 4.98 Å². The monoisotopic (exact) mass is 485 g/mol. The Balaban J connectivity index is 1.87. The van der Waals surface area contributed by atoms with Crippen molar-refractivity contribution < 1.29 is 13.2 Å². The molecule has 2 aromatic carbocycles. The van der Waals surface area contributed by atoms with Gasteiger partial charge >= 0.3 is 0 Å². The topological polar surface area (TPSA) is 79.4 Å². The Labute approximate surface area is 174 Å². The van der Waals surface area contributed by atoms with Crippen LogP contribution in [0.4, 0.5) is 10.8 Å². The smallest absolute Gasteiger partial charge is 0.264 e. The molecule has 0 saturated carbocycles. The number of benzene rings is 2. The molecule has 0 unspecified atom stereocenters. The number of sulfonamides is 1. The zero-order valence-corrected chi connectivity index (χ0v) is 17.9. The number of nitrogens with zero attached hydrogens (tertiary/aromatic N) is 2. The van der Waals surface area contributed by atoms with E-state index in [0.29, 0.717) is 15.8 Å². The number of halogens is 2. The molecule has 3 aromatic rings. The summed E-state index contributed by atoms with van der Waals surface area (Å²) < 4.78 is 27.7. The minimum atomic E-state index is -3.84. The summed E-state index contributed by atoms with van der Waals surface area (Å²) in [6, 6.07) is 12.3. The summed E-state index contributed by atoms with van der Waals surface area (Å²) in [5.41, 5.74) is 0.675. The van der Waals surface area contributed by atoms with Crippen molar-refractivity contribution in [3.05, 3.63) is 69.1 Å². The third-order valence-corrected chi connectivity index (χ3v) is 7.07. The number of aromatic nitrogens is 1. The number of carbonyl (C=O) groups is 1. The average molecular weight is 487 g/mol. The Hall–Kier alpha value is -1.94. The molecule has 1 heterocycles. The van der Waals surface area contributed by atoms with Gasteiger partial charge < -0.3 is 0 Å². The molecule has 3 rings (SSSR count). The van der Waals surface area contributed by atoms with Crippen LogP contribution in [0.2, 0.25) is 5.02 Å². The molecule has 0 aliphatic rings. The van der Waals surface area contributed by atoms with E-state index in [2.05, 4.69) is 26.2 Å². The van der Waals surface area contributed by atoms with Crippen LogP contribution in [0.1, 0.15) is 10.4 Å². The molecule has 0 aliphatic carbocycles. The van der Waals surface area contributed by atoms with E-state index in [1.165, 1.54) is 36.6 Å². The van der Waals surface area contributed by atoms with Crippen molar-refractivity contribution in [2.45, 2.75) is 4.90 Å². The number of carbonyl (C=O) groups excluding carboxylic acids is 1. The highest BCUT2D eigenvalue weighted by atomic mass is 79.9. The molecule has 6 nitrogen and oxygen atoms in total. The van der Waals surface area contributed by atoms with Crippen LogP contribution in [-0.4, -0.2) is 26.4 Å². The van der Waals surface area contributed by atoms with E-state index in [-0.39, 0.29) is 10.5 Å². The van der Waals surface area contributed by atoms with Crippen LogP contribution in [0.15, 0.2) is 63.4 Å². The lowest BCUT2D eigenvalue weighted by Crippen LogP contribution is -2.26. The third kappa shape index (κ3) is 4.49. The molecule has 0 atom stereocenters. The fourth-order valence-corrected chi connectivity index (χ4v) is 4.70. The van der Waals surface area contributed by atoms with Crippen molar-refractivity contribution in [2.75, 3.05) is 16.7 Å². The summed E-state index contributed by atoms with van der Waals surface area (Å²) >= 11 is 10.4. The van der Waals surface area contributed by atoms with Crippen LogP contribution in [0.5, 0.6) is 0 Å². The fraction of sp³-hybridized carbons (Fsp3) is 0.0588. The highest BCUT2D eigenvalue weighted by Gasteiger charge is 2.22. The first-order valence-electron chi connectivity index (χ1n) is 7.54. The van der Waals surface area contributed by atoms with Crippen molar-refractivity contribution in [3.8, 4) is 0 Å². The predicted octanol–water partition coefficient (Wildman–Crippen LogP) is 4.64. The van der Waals surface area contributed by atoms with E-state index < -0.39 is 15.9 Å². The second-order valence-electron chi connectivity index (χ2n) is 5.40. The summed E-state index contributed by atoms with van der Waals surface area (Å²) in [5.74, 6) is -0.442. The van der Waals surface area contributed by atoms with Crippen molar-refractivity contribution in [1.29, 1.82) is 0 Å². The molecule has 1 aromatic heterocycles. The summed E-state index contributed by atoms with van der Waals surface area (Å²) in [6.45, 7) is 0. The van der Waals surface area contributed by atoms with Gasteiger partial charge in [0, 0.05) is 17.6 Å². The standard InChI is InChI=1S/C17H13BrClN3O3S2/c1-22(13-7-5-12(19)6-8-13)27(24,25)14-4-2-3-11(9-14)16(23)21-17-20-10-15(18)26-17/h2-10H,1H3,(H,20,21,23). The minimum absolute atomic E-state index is 0.00733. The van der Waals surface area contributed by atoms with Crippen LogP contribution in [0, 0.1) is 0 Å². The first-order chi connectivity index (χ1) is 12.8. The summed E-state index contributed by atoms with van der Waals surface area (Å²) in [5, 5.41) is 3.57. The lowest BCUT2D eigenvalue weighted by molar-refractivity contribution is 0.102. The highest BCUT2D eigenvalue weighted by molar-refractivity contribution is 9.11. The van der Waals surface area contributed by atoms with Gasteiger partial charge in [-0.15, -0.1) is 0 Å². The van der Waals surface area contributed by atoms with Gasteiger partial charge in [-0.05, 0) is 58.4 Å². The van der Waals surface area contributed by atoms with E-state index in [4.69, 9.17) is 11.6 Å². The molecule has 0 aliphatic heterocycles. The zero-order chi connectivity index (χ0) is 19.6. The summed E-state index contributed by atoms with van der Waals surface area (Å²) in [4.78, 5) is 16.4. The van der Waals surface area contributed by atoms with Gasteiger partial charge in [-0.25, -0.2) is 13.4 Å². The Bertz CT molecular complexity index is 1080. The van der Waals surface area contributed by atoms with Gasteiger partial charge in [0.2, 0.25) is 0 Å². The second-order valence-corrected chi connectivity index (χ2v) is 10.2. The lowest BCUT2D eigenvalue weighted by Gasteiger charge is -2.20. The largest absolute Gasteiger partial charge is 0.298 e. The first-order valence-corrected chi connectivity index (χ1v) is 11.0. The van der Waals surface area contributed by atoms with Gasteiger partial charge in [0.15, 0.2) is 5.13 Å². The SMILES string of the molecule is CN(c1ccc(Cl)cc1)S(=O)(=O)c1cccc(C(=O)Nc2ncc(Br)s2)c1. The van der Waals surface area contributed by atoms with E-state index in [1.807, 2.05) is 0 Å². The minimum Gasteiger partial charge on any atom is -0.298 e. The molecular weight excluding hydrogens is 474 g/mol. The number of thiazole rings is 1. The normalized spacial score (nSPS) is 11.2. The predicted molar refractivity (Wildman–Crippen MR) is 111 cm³/mol. The molecule has 1 N–H and O–H groups in total. The quantitative estimate of drug-likeness (QED) is 0.570. The lowest BCUT2D eigenvalue weighted by atomic mass is 10.2. The van der Waals surface area contributed by atoms with Crippen molar-refractivity contribution in [3.63, 3.8) is 0 Å². The first kappa shape index (κ1) is 19.8. The van der Waals surface area contributed by atoms with Gasteiger partial charge in [0.25, 0.3) is 15.9 Å². The van der Waals surface area contributed by atoms with Crippen LogP contribution in [0.3, 0.4) is 0 Å². The van der Waals surface area contributed by atoms with Gasteiger partial charge in [0.1, 0.15) is 0 Å². The molecule has 0 fully saturated rings. The van der Waals surface area contributed by atoms with Crippen molar-refractivity contribution >= 4 is 65.6 Å². The highest BCUT2D eigenvalue weighted by Crippen LogP contribution is 2.26. The number of anilines is 2. The number of rotatable bonds is 5. The maximum absolute atomic E-state index is 12.9. The summed E-state index contributed by atoms with van der Waals surface area (Å²) in [6.07, 6.45) is 1.57. The molecule has 0 saturated heterocycles. The zero-order valence-electron chi connectivity index (χ0n) is 13.9. The Morgan fingerprint density at radius 3 is 2.56 bits per heavy atom. The molecule has 1 amide bonds. The number of nitrogens with one attached hydrogen (secondary N) is 1. The maximum atomic E-state index is 12.9. The van der Waals surface area contributed by atoms with E-state index in [9.17, 15) is 13.2 Å². The molecule has 140 valence electrons. The van der Waals surface area contributed by atoms with Crippen LogP contribution < -0.4 is 9.62 Å². The number of hydrogen-bond acceptors (Lipinski definition) is 5.